The number of carbonyl (C=O) groups excluding carboxylic acids is 1. The van der Waals surface area contributed by atoms with Gasteiger partial charge >= 0.3 is 0 Å². The molecule has 0 spiro atoms. The van der Waals surface area contributed by atoms with Gasteiger partial charge in [-0.2, -0.15) is 0 Å². The van der Waals surface area contributed by atoms with Crippen LogP contribution >= 0.6 is 0 Å². The van der Waals surface area contributed by atoms with E-state index in [0.29, 0.717) is 0 Å². The number of nitrogens with zero attached hydrogens (tertiary/aromatic N) is 3. The lowest BCUT2D eigenvalue weighted by Gasteiger charge is -2.15. The molecule has 0 saturated heterocycles. The van der Waals surface area contributed by atoms with Gasteiger partial charge < -0.3 is 9.64 Å². The number of carbonyl (C=O) groups is 1. The molecule has 106 valence electrons. The zero-order chi connectivity index (χ0) is 14.5. The maximum atomic E-state index is 12.3. The zero-order valence-electron chi connectivity index (χ0n) is 11.9. The van der Waals surface area contributed by atoms with Crippen LogP contribution < -0.4 is 9.64 Å². The highest BCUT2D eigenvalue weighted by Gasteiger charge is 2.18. The van der Waals surface area contributed by atoms with E-state index in [1.165, 1.54) is 4.90 Å². The fourth-order valence-electron chi connectivity index (χ4n) is 1.81. The second kappa shape index (κ2) is 6.18. The molecular weight excluding hydrogens is 256 g/mol. The largest absolute Gasteiger partial charge is 0.497 e. The minimum Gasteiger partial charge on any atom is -0.497 e. The van der Waals surface area contributed by atoms with E-state index < -0.39 is 0 Å². The van der Waals surface area contributed by atoms with Crippen LogP contribution in [0.1, 0.15) is 29.8 Å². The van der Waals surface area contributed by atoms with Gasteiger partial charge in [-0.25, -0.2) is 4.98 Å². The molecule has 6 heteroatoms. The van der Waals surface area contributed by atoms with Crippen molar-refractivity contribution >= 4 is 11.6 Å². The number of H-pyrrole nitrogens is 1. The van der Waals surface area contributed by atoms with Crippen molar-refractivity contribution in [3.8, 4) is 5.75 Å². The topological polar surface area (TPSA) is 71.1 Å². The number of benzene rings is 1. The number of hydrogen-bond acceptors (Lipinski definition) is 4. The van der Waals surface area contributed by atoms with Crippen molar-refractivity contribution in [2.75, 3.05) is 19.1 Å². The van der Waals surface area contributed by atoms with Gasteiger partial charge in [-0.05, 0) is 30.7 Å². The number of rotatable bonds is 5. The van der Waals surface area contributed by atoms with Gasteiger partial charge in [0, 0.05) is 19.2 Å². The Morgan fingerprint density at radius 2 is 2.05 bits per heavy atom. The summed E-state index contributed by atoms with van der Waals surface area (Å²) in [5, 5.41) is 6.75. The van der Waals surface area contributed by atoms with Crippen LogP contribution in [0.3, 0.4) is 0 Å². The second-order valence-electron chi connectivity index (χ2n) is 4.42. The van der Waals surface area contributed by atoms with E-state index in [4.69, 9.17) is 4.74 Å². The number of ether oxygens (including phenoxy) is 1. The van der Waals surface area contributed by atoms with E-state index in [1.807, 2.05) is 19.1 Å². The molecule has 2 aromatic rings. The normalized spacial score (nSPS) is 10.3. The lowest BCUT2D eigenvalue weighted by atomic mass is 10.2. The van der Waals surface area contributed by atoms with Gasteiger partial charge in [0.2, 0.25) is 5.82 Å². The van der Waals surface area contributed by atoms with E-state index in [0.717, 1.165) is 30.1 Å². The van der Waals surface area contributed by atoms with E-state index in [2.05, 4.69) is 15.2 Å². The van der Waals surface area contributed by atoms with E-state index >= 15 is 0 Å². The third kappa shape index (κ3) is 2.96. The third-order valence-electron chi connectivity index (χ3n) is 2.97. The minimum atomic E-state index is -0.242. The van der Waals surface area contributed by atoms with E-state index in [9.17, 15) is 4.79 Å². The molecule has 0 unspecified atom stereocenters. The van der Waals surface area contributed by atoms with Gasteiger partial charge in [0.1, 0.15) is 11.6 Å². The highest BCUT2D eigenvalue weighted by Crippen LogP contribution is 2.19. The third-order valence-corrected chi connectivity index (χ3v) is 2.97. The summed E-state index contributed by atoms with van der Waals surface area (Å²) in [5.41, 5.74) is 0.762. The van der Waals surface area contributed by atoms with Crippen LogP contribution in [0.25, 0.3) is 0 Å². The molecule has 0 bridgehead atoms. The maximum absolute atomic E-state index is 12.3. The first-order valence-electron chi connectivity index (χ1n) is 6.49. The molecule has 2 rings (SSSR count). The predicted octanol–water partition coefficient (Wildman–Crippen LogP) is 2.04. The van der Waals surface area contributed by atoms with Crippen LogP contribution in [0.2, 0.25) is 0 Å². The second-order valence-corrected chi connectivity index (χ2v) is 4.42. The lowest BCUT2D eigenvalue weighted by molar-refractivity contribution is 0.0983. The van der Waals surface area contributed by atoms with Gasteiger partial charge in [-0.1, -0.05) is 6.92 Å². The molecule has 1 N–H and O–H groups in total. The quantitative estimate of drug-likeness (QED) is 0.905. The molecule has 1 amide bonds. The predicted molar refractivity (Wildman–Crippen MR) is 76.1 cm³/mol. The molecule has 20 heavy (non-hydrogen) atoms. The molecule has 0 fully saturated rings. The summed E-state index contributed by atoms with van der Waals surface area (Å²) in [6.45, 7) is 2.05. The van der Waals surface area contributed by atoms with E-state index in [-0.39, 0.29) is 11.7 Å². The average molecular weight is 274 g/mol. The highest BCUT2D eigenvalue weighted by molar-refractivity contribution is 6.03. The molecule has 6 nitrogen and oxygen atoms in total. The Bertz CT molecular complexity index is 577. The summed E-state index contributed by atoms with van der Waals surface area (Å²) >= 11 is 0. The van der Waals surface area contributed by atoms with Gasteiger partial charge in [0.05, 0.1) is 7.11 Å². The SMILES string of the molecule is CCCc1nc(C(=O)N(C)c2ccc(OC)cc2)n[nH]1. The number of methoxy groups -OCH3 is 1. The summed E-state index contributed by atoms with van der Waals surface area (Å²) in [6.07, 6.45) is 1.74. The fraction of sp³-hybridized carbons (Fsp3) is 0.357. The summed E-state index contributed by atoms with van der Waals surface area (Å²) in [5.74, 6) is 1.43. The molecule has 1 aromatic heterocycles. The van der Waals surface area contributed by atoms with Gasteiger partial charge in [0.15, 0.2) is 0 Å². The molecule has 0 aliphatic rings. The first-order chi connectivity index (χ1) is 9.65. The van der Waals surface area contributed by atoms with Crippen molar-refractivity contribution in [3.05, 3.63) is 35.9 Å². The fourth-order valence-corrected chi connectivity index (χ4v) is 1.81. The number of anilines is 1. The Morgan fingerprint density at radius 3 is 2.65 bits per heavy atom. The first kappa shape index (κ1) is 14.0. The minimum absolute atomic E-state index is 0.187. The molecule has 0 aliphatic heterocycles. The Kier molecular flexibility index (Phi) is 4.34. The molecule has 1 heterocycles. The molecule has 1 aromatic carbocycles. The number of aromatic nitrogens is 3. The van der Waals surface area contributed by atoms with Crippen LogP contribution in [-0.4, -0.2) is 35.2 Å². The first-order valence-corrected chi connectivity index (χ1v) is 6.49. The number of nitrogens with one attached hydrogen (secondary N) is 1. The standard InChI is InChI=1S/C14H18N4O2/c1-4-5-12-15-13(17-16-12)14(19)18(2)10-6-8-11(20-3)9-7-10/h6-9H,4-5H2,1-3H3,(H,15,16,17). The monoisotopic (exact) mass is 274 g/mol. The van der Waals surface area contributed by atoms with Crippen molar-refractivity contribution in [1.29, 1.82) is 0 Å². The van der Waals surface area contributed by atoms with E-state index in [1.54, 1.807) is 26.3 Å². The Morgan fingerprint density at radius 1 is 1.35 bits per heavy atom. The summed E-state index contributed by atoms with van der Waals surface area (Å²) in [6, 6.07) is 7.24. The number of hydrogen-bond donors (Lipinski definition) is 1. The van der Waals surface area contributed by atoms with Crippen molar-refractivity contribution < 1.29 is 9.53 Å². The van der Waals surface area contributed by atoms with Crippen LogP contribution in [0.4, 0.5) is 5.69 Å². The van der Waals surface area contributed by atoms with Crippen molar-refractivity contribution in [1.82, 2.24) is 15.2 Å². The van der Waals surface area contributed by atoms with Crippen LogP contribution in [0, 0.1) is 0 Å². The van der Waals surface area contributed by atoms with Crippen molar-refractivity contribution in [3.63, 3.8) is 0 Å². The maximum Gasteiger partial charge on any atom is 0.297 e. The number of amides is 1. The lowest BCUT2D eigenvalue weighted by Crippen LogP contribution is -2.27. The van der Waals surface area contributed by atoms with Crippen molar-refractivity contribution in [2.24, 2.45) is 0 Å². The van der Waals surface area contributed by atoms with Gasteiger partial charge in [-0.15, -0.1) is 5.10 Å². The Hall–Kier alpha value is -2.37. The van der Waals surface area contributed by atoms with Crippen LogP contribution in [0.15, 0.2) is 24.3 Å². The Labute approximate surface area is 117 Å². The molecule has 0 saturated carbocycles. The summed E-state index contributed by atoms with van der Waals surface area (Å²) in [4.78, 5) is 18.0. The van der Waals surface area contributed by atoms with Gasteiger partial charge in [0.25, 0.3) is 5.91 Å². The van der Waals surface area contributed by atoms with Crippen LogP contribution in [-0.2, 0) is 6.42 Å². The van der Waals surface area contributed by atoms with Crippen molar-refractivity contribution in [2.45, 2.75) is 19.8 Å². The highest BCUT2D eigenvalue weighted by atomic mass is 16.5. The smallest absolute Gasteiger partial charge is 0.297 e. The number of aromatic amines is 1. The summed E-state index contributed by atoms with van der Waals surface area (Å²) in [7, 11) is 3.30. The molecule has 0 radical (unpaired) electrons. The Balaban J connectivity index is 2.13. The van der Waals surface area contributed by atoms with Crippen LogP contribution in [0.5, 0.6) is 5.75 Å². The molecular formula is C14H18N4O2. The van der Waals surface area contributed by atoms with Gasteiger partial charge in [-0.3, -0.25) is 9.89 Å². The molecule has 0 atom stereocenters. The molecule has 0 aliphatic carbocycles. The average Bonchev–Trinajstić information content (AvgIpc) is 2.95. The zero-order valence-corrected chi connectivity index (χ0v) is 11.9. The number of aryl methyl sites for hydroxylation is 1. The summed E-state index contributed by atoms with van der Waals surface area (Å²) < 4.78 is 5.09.